The lowest BCUT2D eigenvalue weighted by atomic mass is 9.78. The molecule has 2 aliphatic rings. The fraction of sp³-hybridized carbons (Fsp3) is 0.650. The highest BCUT2D eigenvalue weighted by Crippen LogP contribution is 2.36. The standard InChI is InChI=1S/C20H29N5O/c1-23(18(26)17-15-24-12-8-11-21-19(24)22-17)16-20(9-4-2-5-10-20)25-13-6-3-7-14-25/h8,11-12,15H,2-7,9-10,13-14,16H2,1H3. The summed E-state index contributed by atoms with van der Waals surface area (Å²) in [6.07, 6.45) is 15.6. The maximum absolute atomic E-state index is 13.0. The third-order valence-corrected chi connectivity index (χ3v) is 6.14. The van der Waals surface area contributed by atoms with E-state index in [-0.39, 0.29) is 11.4 Å². The second-order valence-electron chi connectivity index (χ2n) is 7.95. The lowest BCUT2D eigenvalue weighted by Gasteiger charge is -2.49. The van der Waals surface area contributed by atoms with Crippen molar-refractivity contribution in [2.75, 3.05) is 26.7 Å². The molecule has 2 aromatic heterocycles. The van der Waals surface area contributed by atoms with Crippen molar-refractivity contribution in [1.82, 2.24) is 24.2 Å². The number of rotatable bonds is 4. The van der Waals surface area contributed by atoms with Gasteiger partial charge in [-0.1, -0.05) is 25.7 Å². The van der Waals surface area contributed by atoms with Crippen molar-refractivity contribution in [3.8, 4) is 0 Å². The van der Waals surface area contributed by atoms with E-state index in [2.05, 4.69) is 14.9 Å². The molecular weight excluding hydrogens is 326 g/mol. The second kappa shape index (κ2) is 7.35. The van der Waals surface area contributed by atoms with E-state index in [0.717, 1.165) is 6.54 Å². The lowest BCUT2D eigenvalue weighted by Crippen LogP contribution is -2.58. The summed E-state index contributed by atoms with van der Waals surface area (Å²) in [5.41, 5.74) is 0.635. The van der Waals surface area contributed by atoms with Crippen molar-refractivity contribution >= 4 is 11.7 Å². The first kappa shape index (κ1) is 17.5. The first-order valence-corrected chi connectivity index (χ1v) is 9.98. The van der Waals surface area contributed by atoms with Gasteiger partial charge in [0.05, 0.1) is 0 Å². The van der Waals surface area contributed by atoms with Crippen molar-refractivity contribution in [2.24, 2.45) is 0 Å². The molecule has 4 rings (SSSR count). The number of hydrogen-bond donors (Lipinski definition) is 0. The number of amides is 1. The maximum atomic E-state index is 13.0. The number of nitrogens with zero attached hydrogens (tertiary/aromatic N) is 5. The van der Waals surface area contributed by atoms with E-state index in [1.807, 2.05) is 28.6 Å². The van der Waals surface area contributed by atoms with Crippen LogP contribution < -0.4 is 0 Å². The summed E-state index contributed by atoms with van der Waals surface area (Å²) < 4.78 is 1.81. The van der Waals surface area contributed by atoms with E-state index in [4.69, 9.17) is 0 Å². The molecule has 1 aliphatic carbocycles. The normalized spacial score (nSPS) is 21.0. The van der Waals surface area contributed by atoms with Crippen molar-refractivity contribution in [1.29, 1.82) is 0 Å². The van der Waals surface area contributed by atoms with Crippen LogP contribution in [0.5, 0.6) is 0 Å². The molecule has 2 fully saturated rings. The number of imidazole rings is 1. The van der Waals surface area contributed by atoms with Crippen molar-refractivity contribution in [3.05, 3.63) is 30.4 Å². The molecule has 3 heterocycles. The van der Waals surface area contributed by atoms with E-state index in [1.165, 1.54) is 64.5 Å². The van der Waals surface area contributed by atoms with E-state index in [1.54, 1.807) is 12.4 Å². The minimum absolute atomic E-state index is 0.00235. The molecule has 0 unspecified atom stereocenters. The molecule has 0 aromatic carbocycles. The molecular formula is C20H29N5O. The maximum Gasteiger partial charge on any atom is 0.273 e. The zero-order chi connectivity index (χ0) is 18.0. The number of fused-ring (bicyclic) bond motifs is 1. The van der Waals surface area contributed by atoms with Gasteiger partial charge in [0.1, 0.15) is 5.69 Å². The van der Waals surface area contributed by atoms with Gasteiger partial charge in [-0.05, 0) is 44.8 Å². The van der Waals surface area contributed by atoms with Crippen LogP contribution in [0.15, 0.2) is 24.7 Å². The zero-order valence-corrected chi connectivity index (χ0v) is 15.7. The molecule has 26 heavy (non-hydrogen) atoms. The Morgan fingerprint density at radius 3 is 2.62 bits per heavy atom. The lowest BCUT2D eigenvalue weighted by molar-refractivity contribution is 0.00976. The van der Waals surface area contributed by atoms with Crippen molar-refractivity contribution < 1.29 is 4.79 Å². The topological polar surface area (TPSA) is 53.7 Å². The molecule has 6 nitrogen and oxygen atoms in total. The van der Waals surface area contributed by atoms with Crippen molar-refractivity contribution in [3.63, 3.8) is 0 Å². The summed E-state index contributed by atoms with van der Waals surface area (Å²) in [5, 5.41) is 0. The molecule has 2 aromatic rings. The summed E-state index contributed by atoms with van der Waals surface area (Å²) in [4.78, 5) is 26.2. The molecule has 0 bridgehead atoms. The van der Waals surface area contributed by atoms with E-state index in [0.29, 0.717) is 11.5 Å². The minimum Gasteiger partial charge on any atom is -0.338 e. The van der Waals surface area contributed by atoms with Crippen LogP contribution in [-0.2, 0) is 0 Å². The summed E-state index contributed by atoms with van der Waals surface area (Å²) in [7, 11) is 1.93. The number of likely N-dealkylation sites (tertiary alicyclic amines) is 1. The van der Waals surface area contributed by atoms with E-state index in [9.17, 15) is 4.79 Å². The predicted molar refractivity (Wildman–Crippen MR) is 101 cm³/mol. The first-order valence-electron chi connectivity index (χ1n) is 9.98. The smallest absolute Gasteiger partial charge is 0.273 e. The minimum atomic E-state index is -0.00235. The van der Waals surface area contributed by atoms with Gasteiger partial charge in [0.2, 0.25) is 5.78 Å². The molecule has 0 N–H and O–H groups in total. The number of likely N-dealkylation sites (N-methyl/N-ethyl adjacent to an activating group) is 1. The van der Waals surface area contributed by atoms with Crippen LogP contribution in [0.25, 0.3) is 5.78 Å². The van der Waals surface area contributed by atoms with E-state index >= 15 is 0 Å². The molecule has 140 valence electrons. The van der Waals surface area contributed by atoms with Crippen LogP contribution in [0.2, 0.25) is 0 Å². The number of hydrogen-bond acceptors (Lipinski definition) is 4. The average Bonchev–Trinajstić information content (AvgIpc) is 3.13. The van der Waals surface area contributed by atoms with Gasteiger partial charge < -0.3 is 4.90 Å². The van der Waals surface area contributed by atoms with E-state index < -0.39 is 0 Å². The SMILES string of the molecule is CN(CC1(N2CCCCC2)CCCCC1)C(=O)c1cn2cccnc2n1. The molecule has 0 spiro atoms. The summed E-state index contributed by atoms with van der Waals surface area (Å²) in [6, 6.07) is 1.85. The van der Waals surface area contributed by atoms with Crippen molar-refractivity contribution in [2.45, 2.75) is 56.9 Å². The Kier molecular flexibility index (Phi) is 4.94. The molecule has 0 atom stereocenters. The van der Waals surface area contributed by atoms with Crippen LogP contribution >= 0.6 is 0 Å². The fourth-order valence-electron chi connectivity index (χ4n) is 4.79. The number of aromatic nitrogens is 3. The monoisotopic (exact) mass is 355 g/mol. The highest BCUT2D eigenvalue weighted by Gasteiger charge is 2.40. The molecule has 1 saturated heterocycles. The summed E-state index contributed by atoms with van der Waals surface area (Å²) in [6.45, 7) is 3.16. The third kappa shape index (κ3) is 3.34. The molecule has 1 amide bonds. The Hall–Kier alpha value is -1.95. The Balaban J connectivity index is 1.53. The molecule has 0 radical (unpaired) electrons. The highest BCUT2D eigenvalue weighted by molar-refractivity contribution is 5.92. The van der Waals surface area contributed by atoms with Crippen LogP contribution in [0.3, 0.4) is 0 Å². The fourth-order valence-corrected chi connectivity index (χ4v) is 4.79. The van der Waals surface area contributed by atoms with Gasteiger partial charge in [0.25, 0.3) is 5.91 Å². The Labute approximate surface area is 155 Å². The molecule has 6 heteroatoms. The van der Waals surface area contributed by atoms with Gasteiger partial charge in [-0.15, -0.1) is 0 Å². The van der Waals surface area contributed by atoms with Crippen LogP contribution in [0, 0.1) is 0 Å². The molecule has 1 saturated carbocycles. The third-order valence-electron chi connectivity index (χ3n) is 6.14. The summed E-state index contributed by atoms with van der Waals surface area (Å²) >= 11 is 0. The van der Waals surface area contributed by atoms with Gasteiger partial charge >= 0.3 is 0 Å². The average molecular weight is 355 g/mol. The second-order valence-corrected chi connectivity index (χ2v) is 7.95. The first-order chi connectivity index (χ1) is 12.7. The number of carbonyl (C=O) groups is 1. The van der Waals surface area contributed by atoms with Gasteiger partial charge in [-0.3, -0.25) is 14.1 Å². The predicted octanol–water partition coefficient (Wildman–Crippen LogP) is 2.99. The zero-order valence-electron chi connectivity index (χ0n) is 15.7. The number of piperidine rings is 1. The van der Waals surface area contributed by atoms with Crippen LogP contribution in [0.1, 0.15) is 61.9 Å². The summed E-state index contributed by atoms with van der Waals surface area (Å²) in [5.74, 6) is 0.574. The largest absolute Gasteiger partial charge is 0.338 e. The van der Waals surface area contributed by atoms with Crippen LogP contribution in [0.4, 0.5) is 0 Å². The Morgan fingerprint density at radius 1 is 1.15 bits per heavy atom. The van der Waals surface area contributed by atoms with Gasteiger partial charge in [-0.2, -0.15) is 0 Å². The Morgan fingerprint density at radius 2 is 1.88 bits per heavy atom. The van der Waals surface area contributed by atoms with Gasteiger partial charge in [0, 0.05) is 37.7 Å². The quantitative estimate of drug-likeness (QED) is 0.846. The van der Waals surface area contributed by atoms with Gasteiger partial charge in [0.15, 0.2) is 0 Å². The highest BCUT2D eigenvalue weighted by atomic mass is 16.2. The number of carbonyl (C=O) groups excluding carboxylic acids is 1. The van der Waals surface area contributed by atoms with Gasteiger partial charge in [-0.25, -0.2) is 9.97 Å². The Bertz CT molecular complexity index is 725. The van der Waals surface area contributed by atoms with Crippen LogP contribution in [-0.4, -0.2) is 62.3 Å². The molecule has 1 aliphatic heterocycles.